The molecule has 0 aliphatic heterocycles. The first-order valence-corrected chi connectivity index (χ1v) is 1.99. The van der Waals surface area contributed by atoms with E-state index in [-0.39, 0.29) is 0 Å². The van der Waals surface area contributed by atoms with Crippen LogP contribution in [0.3, 0.4) is 0 Å². The molecule has 0 aromatic heterocycles. The molecule has 60 valence electrons. The second kappa shape index (κ2) is 2.17. The lowest BCUT2D eigenvalue weighted by atomic mass is 10.3. The van der Waals surface area contributed by atoms with Gasteiger partial charge in [0.2, 0.25) is 0 Å². The standard InChI is InChI=1S/C4H2F6/c1-2(3(5,6)7)4(8,9)10/h1H2. The van der Waals surface area contributed by atoms with Gasteiger partial charge >= 0.3 is 12.4 Å². The van der Waals surface area contributed by atoms with Crippen molar-refractivity contribution in [2.24, 2.45) is 0 Å². The molecule has 0 radical (unpaired) electrons. The monoisotopic (exact) mass is 164 g/mol. The molecule has 0 bridgehead atoms. The van der Waals surface area contributed by atoms with Gasteiger partial charge in [-0.3, -0.25) is 0 Å². The Kier molecular flexibility index (Phi) is 2.03. The zero-order valence-electron chi connectivity index (χ0n) is 4.47. The van der Waals surface area contributed by atoms with Gasteiger partial charge < -0.3 is 0 Å². The number of halogens is 6. The molecular weight excluding hydrogens is 162 g/mol. The lowest BCUT2D eigenvalue weighted by Crippen LogP contribution is -2.24. The van der Waals surface area contributed by atoms with Gasteiger partial charge in [0.25, 0.3) is 0 Å². The quantitative estimate of drug-likeness (QED) is 0.381. The molecule has 0 heterocycles. The van der Waals surface area contributed by atoms with E-state index in [2.05, 4.69) is 0 Å². The number of rotatable bonds is 0. The van der Waals surface area contributed by atoms with E-state index in [0.29, 0.717) is 0 Å². The van der Waals surface area contributed by atoms with Crippen molar-refractivity contribution in [2.45, 2.75) is 12.4 Å². The fraction of sp³-hybridized carbons (Fsp3) is 0.500. The van der Waals surface area contributed by atoms with Crippen molar-refractivity contribution >= 4 is 0 Å². The van der Waals surface area contributed by atoms with E-state index in [1.165, 1.54) is 0 Å². The highest BCUT2D eigenvalue weighted by atomic mass is 19.4. The van der Waals surface area contributed by atoms with Crippen molar-refractivity contribution in [3.05, 3.63) is 12.2 Å². The molecular formula is C4H2F6. The van der Waals surface area contributed by atoms with Crippen LogP contribution in [0.25, 0.3) is 0 Å². The van der Waals surface area contributed by atoms with Gasteiger partial charge in [0.15, 0.2) is 0 Å². The van der Waals surface area contributed by atoms with Gasteiger partial charge in [-0.25, -0.2) is 0 Å². The molecule has 0 aromatic carbocycles. The molecule has 0 amide bonds. The number of hydrogen-bond donors (Lipinski definition) is 0. The molecule has 0 aliphatic rings. The fourth-order valence-corrected chi connectivity index (χ4v) is 0.161. The van der Waals surface area contributed by atoms with Crippen LogP contribution in [0.2, 0.25) is 0 Å². The summed E-state index contributed by atoms with van der Waals surface area (Å²) in [6.45, 7) is 1.85. The predicted molar refractivity (Wildman–Crippen MR) is 21.2 cm³/mol. The minimum absolute atomic E-state index is 1.85. The molecule has 0 atom stereocenters. The second-order valence-electron chi connectivity index (χ2n) is 1.47. The van der Waals surface area contributed by atoms with Gasteiger partial charge in [-0.15, -0.1) is 0 Å². The Balaban J connectivity index is 4.40. The Hall–Kier alpha value is -0.680. The first-order chi connectivity index (χ1) is 4.15. The van der Waals surface area contributed by atoms with Crippen LogP contribution in [-0.4, -0.2) is 12.4 Å². The zero-order valence-corrected chi connectivity index (χ0v) is 4.47. The molecule has 0 aliphatic carbocycles. The summed E-state index contributed by atoms with van der Waals surface area (Å²) in [5.74, 6) is 0. The van der Waals surface area contributed by atoms with Crippen LogP contribution in [0.15, 0.2) is 12.2 Å². The lowest BCUT2D eigenvalue weighted by Gasteiger charge is -2.12. The maximum Gasteiger partial charge on any atom is 0.420 e. The van der Waals surface area contributed by atoms with Crippen LogP contribution in [0, 0.1) is 0 Å². The highest BCUT2D eigenvalue weighted by Gasteiger charge is 2.49. The maximum atomic E-state index is 11.1. The molecule has 10 heavy (non-hydrogen) atoms. The molecule has 6 heteroatoms. The van der Waals surface area contributed by atoms with E-state index in [9.17, 15) is 26.3 Å². The van der Waals surface area contributed by atoms with Crippen LogP contribution >= 0.6 is 0 Å². The molecule has 0 rings (SSSR count). The number of alkyl halides is 6. The third kappa shape index (κ3) is 2.28. The lowest BCUT2D eigenvalue weighted by molar-refractivity contribution is -0.171. The van der Waals surface area contributed by atoms with Gasteiger partial charge in [0, 0.05) is 0 Å². The smallest absolute Gasteiger partial charge is 0.166 e. The van der Waals surface area contributed by atoms with Crippen LogP contribution in [-0.2, 0) is 0 Å². The molecule has 0 saturated heterocycles. The van der Waals surface area contributed by atoms with Crippen molar-refractivity contribution in [1.82, 2.24) is 0 Å². The van der Waals surface area contributed by atoms with E-state index in [0.717, 1.165) is 0 Å². The van der Waals surface area contributed by atoms with Crippen molar-refractivity contribution in [3.63, 3.8) is 0 Å². The summed E-state index contributed by atoms with van der Waals surface area (Å²) >= 11 is 0. The second-order valence-corrected chi connectivity index (χ2v) is 1.47. The molecule has 0 nitrogen and oxygen atoms in total. The molecule has 0 unspecified atom stereocenters. The van der Waals surface area contributed by atoms with Crippen molar-refractivity contribution in [2.75, 3.05) is 0 Å². The summed E-state index contributed by atoms with van der Waals surface area (Å²) in [6.07, 6.45) is -10.8. The van der Waals surface area contributed by atoms with Crippen LogP contribution in [0.1, 0.15) is 0 Å². The summed E-state index contributed by atoms with van der Waals surface area (Å²) < 4.78 is 66.8. The highest BCUT2D eigenvalue weighted by Crippen LogP contribution is 2.36. The summed E-state index contributed by atoms with van der Waals surface area (Å²) in [7, 11) is 0. The van der Waals surface area contributed by atoms with Gasteiger partial charge in [0.1, 0.15) is 5.57 Å². The normalized spacial score (nSPS) is 13.4. The van der Waals surface area contributed by atoms with E-state index >= 15 is 0 Å². The Morgan fingerprint density at radius 1 is 0.800 bits per heavy atom. The van der Waals surface area contributed by atoms with E-state index in [1.807, 2.05) is 6.58 Å². The van der Waals surface area contributed by atoms with E-state index in [1.54, 1.807) is 0 Å². The van der Waals surface area contributed by atoms with E-state index in [4.69, 9.17) is 0 Å². The minimum atomic E-state index is -5.38. The van der Waals surface area contributed by atoms with Crippen LogP contribution < -0.4 is 0 Å². The Labute approximate surface area is 52.1 Å². The third-order valence-corrected chi connectivity index (χ3v) is 0.684. The Morgan fingerprint density at radius 2 is 1.00 bits per heavy atom. The van der Waals surface area contributed by atoms with Crippen molar-refractivity contribution in [1.29, 1.82) is 0 Å². The minimum Gasteiger partial charge on any atom is -0.166 e. The highest BCUT2D eigenvalue weighted by molar-refractivity contribution is 5.09. The van der Waals surface area contributed by atoms with Gasteiger partial charge in [-0.2, -0.15) is 26.3 Å². The SMILES string of the molecule is C=C(C(F)(F)F)C(F)(F)F. The van der Waals surface area contributed by atoms with Crippen LogP contribution in [0.5, 0.6) is 0 Å². The molecule has 0 N–H and O–H groups in total. The molecule has 0 saturated carbocycles. The largest absolute Gasteiger partial charge is 0.420 e. The van der Waals surface area contributed by atoms with Gasteiger partial charge in [-0.05, 0) is 0 Å². The number of allylic oxidation sites excluding steroid dienone is 1. The summed E-state index contributed by atoms with van der Waals surface area (Å²) in [6, 6.07) is 0. The van der Waals surface area contributed by atoms with Crippen LogP contribution in [0.4, 0.5) is 26.3 Å². The first-order valence-electron chi connectivity index (χ1n) is 1.99. The molecule has 0 spiro atoms. The van der Waals surface area contributed by atoms with Gasteiger partial charge in [-0.1, -0.05) is 6.58 Å². The average molecular weight is 164 g/mol. The predicted octanol–water partition coefficient (Wildman–Crippen LogP) is 2.67. The average Bonchev–Trinajstić information content (AvgIpc) is 1.59. The van der Waals surface area contributed by atoms with Crippen molar-refractivity contribution in [3.8, 4) is 0 Å². The molecule has 0 aromatic rings. The maximum absolute atomic E-state index is 11.1. The fourth-order valence-electron chi connectivity index (χ4n) is 0.161. The summed E-state index contributed by atoms with van der Waals surface area (Å²) in [5.41, 5.74) is -2.68. The third-order valence-electron chi connectivity index (χ3n) is 0.684. The van der Waals surface area contributed by atoms with Crippen molar-refractivity contribution < 1.29 is 26.3 Å². The van der Waals surface area contributed by atoms with Gasteiger partial charge in [0.05, 0.1) is 0 Å². The van der Waals surface area contributed by atoms with E-state index < -0.39 is 17.9 Å². The first kappa shape index (κ1) is 9.32. The zero-order chi connectivity index (χ0) is 8.58. The Bertz CT molecular complexity index is 121. The number of hydrogen-bond acceptors (Lipinski definition) is 0. The Morgan fingerprint density at radius 3 is 1.00 bits per heavy atom. The summed E-state index contributed by atoms with van der Waals surface area (Å²) in [5, 5.41) is 0. The summed E-state index contributed by atoms with van der Waals surface area (Å²) in [4.78, 5) is 0. The topological polar surface area (TPSA) is 0 Å². The molecule has 0 fully saturated rings.